The minimum Gasteiger partial charge on any atom is -0.254 e. The summed E-state index contributed by atoms with van der Waals surface area (Å²) >= 11 is 12.2. The van der Waals surface area contributed by atoms with Gasteiger partial charge in [-0.25, -0.2) is 0 Å². The largest absolute Gasteiger partial charge is 0.254 e. The molecule has 0 amide bonds. The summed E-state index contributed by atoms with van der Waals surface area (Å²) in [5.41, 5.74) is 0.926. The van der Waals surface area contributed by atoms with E-state index in [2.05, 4.69) is 0 Å². The van der Waals surface area contributed by atoms with Crippen molar-refractivity contribution in [3.8, 4) is 0 Å². The van der Waals surface area contributed by atoms with Crippen molar-refractivity contribution < 1.29 is 4.21 Å². The van der Waals surface area contributed by atoms with Gasteiger partial charge in [-0.15, -0.1) is 0 Å². The maximum atomic E-state index is 11.6. The second-order valence-corrected chi connectivity index (χ2v) is 6.14. The van der Waals surface area contributed by atoms with E-state index >= 15 is 0 Å². The Morgan fingerprint density at radius 2 is 1.73 bits per heavy atom. The third-order valence-corrected chi connectivity index (χ3v) is 4.07. The van der Waals surface area contributed by atoms with Crippen LogP contribution in [0, 0.1) is 0 Å². The van der Waals surface area contributed by atoms with Crippen LogP contribution in [-0.2, 0) is 10.8 Å². The monoisotopic (exact) mass is 264 g/mol. The van der Waals surface area contributed by atoms with E-state index in [4.69, 9.17) is 23.2 Å². The van der Waals surface area contributed by atoms with E-state index in [1.807, 2.05) is 20.8 Å². The summed E-state index contributed by atoms with van der Waals surface area (Å²) in [5.74, 6) is 0.849. The lowest BCUT2D eigenvalue weighted by Crippen LogP contribution is -1.97. The Balaban J connectivity index is 3.25. The molecular weight excluding hydrogens is 251 g/mol. The number of hydrogen-bond donors (Lipinski definition) is 0. The van der Waals surface area contributed by atoms with Crippen molar-refractivity contribution in [2.75, 3.05) is 5.75 Å². The summed E-state index contributed by atoms with van der Waals surface area (Å²) in [6.45, 7) is 5.93. The van der Waals surface area contributed by atoms with Gasteiger partial charge in [-0.3, -0.25) is 4.21 Å². The van der Waals surface area contributed by atoms with Crippen LogP contribution in [0.3, 0.4) is 0 Å². The number of benzene rings is 1. The Bertz CT molecular complexity index is 365. The van der Waals surface area contributed by atoms with Crippen molar-refractivity contribution in [2.45, 2.75) is 31.6 Å². The van der Waals surface area contributed by atoms with Crippen LogP contribution in [0.25, 0.3) is 0 Å². The highest BCUT2D eigenvalue weighted by atomic mass is 35.5. The first-order valence-corrected chi connectivity index (χ1v) is 6.92. The van der Waals surface area contributed by atoms with E-state index < -0.39 is 10.8 Å². The van der Waals surface area contributed by atoms with Crippen molar-refractivity contribution in [1.29, 1.82) is 0 Å². The van der Waals surface area contributed by atoms with Gasteiger partial charge in [0.2, 0.25) is 0 Å². The molecule has 4 heteroatoms. The Morgan fingerprint density at radius 1 is 1.27 bits per heavy atom. The Hall–Kier alpha value is -0.0500. The van der Waals surface area contributed by atoms with Crippen LogP contribution in [0.5, 0.6) is 0 Å². The maximum absolute atomic E-state index is 11.6. The molecule has 0 aromatic heterocycles. The van der Waals surface area contributed by atoms with Gasteiger partial charge in [0.1, 0.15) is 0 Å². The topological polar surface area (TPSA) is 17.1 Å². The summed E-state index contributed by atoms with van der Waals surface area (Å²) < 4.78 is 11.6. The molecule has 0 bridgehead atoms. The molecule has 0 aliphatic heterocycles. The molecule has 0 N–H and O–H groups in total. The summed E-state index contributed by atoms with van der Waals surface area (Å²) in [5, 5.41) is 1.21. The van der Waals surface area contributed by atoms with Crippen molar-refractivity contribution in [2.24, 2.45) is 0 Å². The molecule has 1 nitrogen and oxygen atoms in total. The van der Waals surface area contributed by atoms with E-state index in [1.165, 1.54) is 0 Å². The number of rotatable bonds is 3. The second-order valence-electron chi connectivity index (χ2n) is 3.59. The first-order valence-electron chi connectivity index (χ1n) is 4.84. The Morgan fingerprint density at radius 3 is 2.07 bits per heavy atom. The molecule has 0 heterocycles. The molecule has 0 saturated heterocycles. The molecule has 0 spiro atoms. The summed E-state index contributed by atoms with van der Waals surface area (Å²) in [4.78, 5) is 0.705. The predicted molar refractivity (Wildman–Crippen MR) is 67.5 cm³/mol. The van der Waals surface area contributed by atoms with Gasteiger partial charge in [0, 0.05) is 20.7 Å². The normalized spacial score (nSPS) is 13.2. The van der Waals surface area contributed by atoms with Gasteiger partial charge in [-0.05, 0) is 23.6 Å². The zero-order valence-corrected chi connectivity index (χ0v) is 11.3. The third kappa shape index (κ3) is 2.96. The van der Waals surface area contributed by atoms with E-state index in [0.717, 1.165) is 5.56 Å². The molecule has 1 aromatic rings. The average Bonchev–Trinajstić information content (AvgIpc) is 2.14. The zero-order valence-electron chi connectivity index (χ0n) is 9.01. The highest BCUT2D eigenvalue weighted by molar-refractivity contribution is 7.85. The van der Waals surface area contributed by atoms with Crippen molar-refractivity contribution in [1.82, 2.24) is 0 Å². The lowest BCUT2D eigenvalue weighted by atomic mass is 10.0. The van der Waals surface area contributed by atoms with Gasteiger partial charge < -0.3 is 0 Å². The van der Waals surface area contributed by atoms with E-state index in [0.29, 0.717) is 20.7 Å². The number of halogens is 2. The lowest BCUT2D eigenvalue weighted by molar-refractivity contribution is 0.684. The molecule has 0 saturated carbocycles. The smallest absolute Gasteiger partial charge is 0.0527 e. The average molecular weight is 265 g/mol. The van der Waals surface area contributed by atoms with Crippen LogP contribution in [0.4, 0.5) is 0 Å². The first-order chi connectivity index (χ1) is 6.97. The molecule has 15 heavy (non-hydrogen) atoms. The van der Waals surface area contributed by atoms with Gasteiger partial charge >= 0.3 is 0 Å². The highest BCUT2D eigenvalue weighted by Gasteiger charge is 2.13. The molecule has 0 aliphatic carbocycles. The van der Waals surface area contributed by atoms with E-state index in [1.54, 1.807) is 12.1 Å². The molecule has 84 valence electrons. The van der Waals surface area contributed by atoms with Crippen LogP contribution in [0.2, 0.25) is 10.0 Å². The molecular formula is C11H14Cl2OS. The minimum atomic E-state index is -1.00. The highest BCUT2D eigenvalue weighted by Crippen LogP contribution is 2.33. The quantitative estimate of drug-likeness (QED) is 0.798. The van der Waals surface area contributed by atoms with Gasteiger partial charge in [-0.1, -0.05) is 44.0 Å². The van der Waals surface area contributed by atoms with Gasteiger partial charge in [0.15, 0.2) is 0 Å². The fourth-order valence-corrected chi connectivity index (χ4v) is 3.30. The van der Waals surface area contributed by atoms with Crippen LogP contribution in [0.15, 0.2) is 17.0 Å². The van der Waals surface area contributed by atoms with Crippen molar-refractivity contribution >= 4 is 34.0 Å². The molecule has 1 rings (SSSR count). The molecule has 1 aromatic carbocycles. The van der Waals surface area contributed by atoms with Crippen molar-refractivity contribution in [3.05, 3.63) is 27.7 Å². The van der Waals surface area contributed by atoms with Crippen LogP contribution in [-0.4, -0.2) is 9.96 Å². The van der Waals surface area contributed by atoms with E-state index in [9.17, 15) is 4.21 Å². The first kappa shape index (κ1) is 13.0. The zero-order chi connectivity index (χ0) is 11.6. The van der Waals surface area contributed by atoms with E-state index in [-0.39, 0.29) is 5.92 Å². The maximum Gasteiger partial charge on any atom is 0.0527 e. The fourth-order valence-electron chi connectivity index (χ4n) is 1.41. The second kappa shape index (κ2) is 5.33. The lowest BCUT2D eigenvalue weighted by Gasteiger charge is -2.12. The Kier molecular flexibility index (Phi) is 4.63. The van der Waals surface area contributed by atoms with Crippen LogP contribution >= 0.6 is 23.2 Å². The third-order valence-electron chi connectivity index (χ3n) is 2.15. The van der Waals surface area contributed by atoms with Crippen LogP contribution < -0.4 is 0 Å². The van der Waals surface area contributed by atoms with Gasteiger partial charge in [0.05, 0.1) is 10.8 Å². The van der Waals surface area contributed by atoms with Gasteiger partial charge in [-0.2, -0.15) is 0 Å². The summed E-state index contributed by atoms with van der Waals surface area (Å²) in [6, 6.07) is 3.50. The molecule has 1 unspecified atom stereocenters. The van der Waals surface area contributed by atoms with Crippen molar-refractivity contribution in [3.63, 3.8) is 0 Å². The molecule has 0 radical (unpaired) electrons. The Labute approximate surface area is 103 Å². The number of hydrogen-bond acceptors (Lipinski definition) is 1. The molecule has 1 atom stereocenters. The standard InChI is InChI=1S/C11H14Cl2OS/c1-4-15(14)8-5-9(12)11(7(2)3)10(13)6-8/h5-7H,4H2,1-3H3. The molecule has 0 fully saturated rings. The molecule has 0 aliphatic rings. The minimum absolute atomic E-state index is 0.272. The summed E-state index contributed by atoms with van der Waals surface area (Å²) in [7, 11) is -1.00. The SMILES string of the molecule is CCS(=O)c1cc(Cl)c(C(C)C)c(Cl)c1. The van der Waals surface area contributed by atoms with Crippen LogP contribution in [0.1, 0.15) is 32.3 Å². The predicted octanol–water partition coefficient (Wildman–Crippen LogP) is 4.24. The van der Waals surface area contributed by atoms with Gasteiger partial charge in [0.25, 0.3) is 0 Å². The fraction of sp³-hybridized carbons (Fsp3) is 0.455. The summed E-state index contributed by atoms with van der Waals surface area (Å²) in [6.07, 6.45) is 0.